The number of anilines is 1. The Morgan fingerprint density at radius 2 is 1.59 bits per heavy atom. The second-order valence-corrected chi connectivity index (χ2v) is 8.16. The van der Waals surface area contributed by atoms with E-state index in [4.69, 9.17) is 23.7 Å². The molecule has 10 heteroatoms. The van der Waals surface area contributed by atoms with E-state index in [1.807, 2.05) is 0 Å². The number of benzene rings is 1. The number of amides is 1. The quantitative estimate of drug-likeness (QED) is 0.797. The zero-order valence-corrected chi connectivity index (χ0v) is 16.3. The van der Waals surface area contributed by atoms with Crippen LogP contribution in [-0.2, 0) is 34.7 Å². The third kappa shape index (κ3) is 3.99. The fourth-order valence-electron chi connectivity index (χ4n) is 3.81. The van der Waals surface area contributed by atoms with Crippen molar-refractivity contribution in [2.75, 3.05) is 5.32 Å². The summed E-state index contributed by atoms with van der Waals surface area (Å²) in [5.74, 6) is -2.59. The number of hydrogen-bond acceptors (Lipinski definition) is 6. The maximum absolute atomic E-state index is 12.9. The van der Waals surface area contributed by atoms with E-state index in [0.29, 0.717) is 0 Å². The summed E-state index contributed by atoms with van der Waals surface area (Å²) in [7, 11) is 0. The smallest absolute Gasteiger partial charge is 0.342 e. The Morgan fingerprint density at radius 3 is 2.28 bits per heavy atom. The number of hydrogen-bond donors (Lipinski definition) is 1. The minimum absolute atomic E-state index is 0.00538. The SMILES string of the molecule is CC1(C)O[C@@H]2[C@@H](O1)[C@@H](C(=O)Nc1cccc(C(F)(F)F)c1)O[C@H]1OC(C)(C)O[C@@H]12. The van der Waals surface area contributed by atoms with Crippen LogP contribution in [0.3, 0.4) is 0 Å². The van der Waals surface area contributed by atoms with Gasteiger partial charge >= 0.3 is 6.18 Å². The standard InChI is InChI=1S/C19H22F3NO6/c1-17(2)26-11-12(27-17)14-16(29-18(3,4)28-14)25-13(11)15(24)23-10-7-5-6-9(8-10)19(20,21)22/h5-8,11-14,16H,1-4H3,(H,23,24)/t11-,12-,13+,14-,16+/m1/s1. The molecule has 3 saturated heterocycles. The van der Waals surface area contributed by atoms with Crippen molar-refractivity contribution in [3.63, 3.8) is 0 Å². The minimum atomic E-state index is -4.52. The Labute approximate surface area is 165 Å². The van der Waals surface area contributed by atoms with Gasteiger partial charge in [0.2, 0.25) is 0 Å². The Balaban J connectivity index is 1.57. The lowest BCUT2D eigenvalue weighted by atomic mass is 9.98. The summed E-state index contributed by atoms with van der Waals surface area (Å²) in [6.07, 6.45) is -8.60. The molecule has 29 heavy (non-hydrogen) atoms. The molecule has 0 aromatic heterocycles. The van der Waals surface area contributed by atoms with Crippen molar-refractivity contribution < 1.29 is 41.7 Å². The van der Waals surface area contributed by atoms with Gasteiger partial charge in [-0.25, -0.2) is 0 Å². The van der Waals surface area contributed by atoms with Gasteiger partial charge in [0.1, 0.15) is 18.3 Å². The minimum Gasteiger partial charge on any atom is -0.342 e. The number of carbonyl (C=O) groups excluding carboxylic acids is 1. The first-order valence-corrected chi connectivity index (χ1v) is 9.20. The van der Waals surface area contributed by atoms with Gasteiger partial charge in [0, 0.05) is 5.69 Å². The fourth-order valence-corrected chi connectivity index (χ4v) is 3.81. The molecule has 0 unspecified atom stereocenters. The molecule has 3 aliphatic heterocycles. The van der Waals surface area contributed by atoms with Gasteiger partial charge in [0.15, 0.2) is 24.0 Å². The van der Waals surface area contributed by atoms with Crippen LogP contribution in [0.15, 0.2) is 24.3 Å². The number of carbonyl (C=O) groups is 1. The first-order valence-electron chi connectivity index (χ1n) is 9.20. The highest BCUT2D eigenvalue weighted by Gasteiger charge is 2.62. The van der Waals surface area contributed by atoms with Crippen LogP contribution in [-0.4, -0.2) is 48.2 Å². The highest BCUT2D eigenvalue weighted by molar-refractivity contribution is 5.95. The predicted molar refractivity (Wildman–Crippen MR) is 92.6 cm³/mol. The van der Waals surface area contributed by atoms with Crippen LogP contribution >= 0.6 is 0 Å². The highest BCUT2D eigenvalue weighted by atomic mass is 19.4. The van der Waals surface area contributed by atoms with Gasteiger partial charge in [-0.15, -0.1) is 0 Å². The van der Waals surface area contributed by atoms with Crippen LogP contribution < -0.4 is 5.32 Å². The number of ether oxygens (including phenoxy) is 5. The molecule has 0 radical (unpaired) electrons. The van der Waals surface area contributed by atoms with Crippen molar-refractivity contribution in [3.05, 3.63) is 29.8 Å². The second kappa shape index (κ2) is 6.64. The van der Waals surface area contributed by atoms with Crippen LogP contribution in [0.2, 0.25) is 0 Å². The highest BCUT2D eigenvalue weighted by Crippen LogP contribution is 2.44. The van der Waals surface area contributed by atoms with Gasteiger partial charge in [0.05, 0.1) is 5.56 Å². The topological polar surface area (TPSA) is 75.3 Å². The third-order valence-corrected chi connectivity index (χ3v) is 4.87. The van der Waals surface area contributed by atoms with Crippen molar-refractivity contribution in [2.45, 2.75) is 76.2 Å². The lowest BCUT2D eigenvalue weighted by molar-refractivity contribution is -0.229. The molecule has 4 rings (SSSR count). The summed E-state index contributed by atoms with van der Waals surface area (Å²) < 4.78 is 67.9. The normalized spacial score (nSPS) is 35.1. The Kier molecular flexibility index (Phi) is 4.71. The Morgan fingerprint density at radius 1 is 0.966 bits per heavy atom. The zero-order valence-electron chi connectivity index (χ0n) is 16.3. The molecule has 1 aromatic carbocycles. The van der Waals surface area contributed by atoms with Crippen molar-refractivity contribution in [3.8, 4) is 0 Å². The van der Waals surface area contributed by atoms with E-state index < -0.39 is 59.9 Å². The van der Waals surface area contributed by atoms with Gasteiger partial charge in [-0.2, -0.15) is 13.2 Å². The molecule has 1 amide bonds. The van der Waals surface area contributed by atoms with Gasteiger partial charge in [-0.1, -0.05) is 6.07 Å². The maximum atomic E-state index is 12.9. The number of rotatable bonds is 2. The average Bonchev–Trinajstić information content (AvgIpc) is 3.07. The summed E-state index contributed by atoms with van der Waals surface area (Å²) in [6.45, 7) is 6.82. The summed E-state index contributed by atoms with van der Waals surface area (Å²) in [4.78, 5) is 12.9. The van der Waals surface area contributed by atoms with E-state index in [2.05, 4.69) is 5.32 Å². The number of alkyl halides is 3. The van der Waals surface area contributed by atoms with Gasteiger partial charge in [-0.3, -0.25) is 4.79 Å². The second-order valence-electron chi connectivity index (χ2n) is 8.16. The van der Waals surface area contributed by atoms with Crippen LogP contribution in [0.25, 0.3) is 0 Å². The summed E-state index contributed by atoms with van der Waals surface area (Å²) in [5.41, 5.74) is -0.872. The fraction of sp³-hybridized carbons (Fsp3) is 0.632. The molecule has 5 atom stereocenters. The molecule has 0 saturated carbocycles. The number of halogens is 3. The Hall–Kier alpha value is -1.72. The van der Waals surface area contributed by atoms with Gasteiger partial charge < -0.3 is 29.0 Å². The molecule has 3 aliphatic rings. The Bertz CT molecular complexity index is 811. The van der Waals surface area contributed by atoms with Crippen molar-refractivity contribution in [2.24, 2.45) is 0 Å². The van der Waals surface area contributed by atoms with Crippen molar-refractivity contribution >= 4 is 11.6 Å². The van der Waals surface area contributed by atoms with E-state index in [-0.39, 0.29) is 5.69 Å². The van der Waals surface area contributed by atoms with E-state index >= 15 is 0 Å². The van der Waals surface area contributed by atoms with Crippen LogP contribution in [0, 0.1) is 0 Å². The van der Waals surface area contributed by atoms with Gasteiger partial charge in [0.25, 0.3) is 5.91 Å². The lowest BCUT2D eigenvalue weighted by Gasteiger charge is -2.36. The van der Waals surface area contributed by atoms with E-state index in [1.165, 1.54) is 12.1 Å². The van der Waals surface area contributed by atoms with Crippen LogP contribution in [0.5, 0.6) is 0 Å². The van der Waals surface area contributed by atoms with Gasteiger partial charge in [-0.05, 0) is 45.9 Å². The lowest BCUT2D eigenvalue weighted by Crippen LogP contribution is -2.58. The predicted octanol–water partition coefficient (Wildman–Crippen LogP) is 3.04. The van der Waals surface area contributed by atoms with E-state index in [1.54, 1.807) is 27.7 Å². The number of fused-ring (bicyclic) bond motifs is 3. The van der Waals surface area contributed by atoms with Crippen LogP contribution in [0.1, 0.15) is 33.3 Å². The first-order chi connectivity index (χ1) is 13.3. The molecular formula is C19H22F3NO6. The van der Waals surface area contributed by atoms with Crippen molar-refractivity contribution in [1.82, 2.24) is 0 Å². The molecule has 160 valence electrons. The third-order valence-electron chi connectivity index (χ3n) is 4.87. The number of nitrogens with one attached hydrogen (secondary N) is 1. The molecule has 0 bridgehead atoms. The molecule has 7 nitrogen and oxygen atoms in total. The van der Waals surface area contributed by atoms with E-state index in [0.717, 1.165) is 12.1 Å². The first kappa shape index (κ1) is 20.5. The largest absolute Gasteiger partial charge is 0.416 e. The molecular weight excluding hydrogens is 395 g/mol. The monoisotopic (exact) mass is 417 g/mol. The zero-order chi connectivity index (χ0) is 21.2. The van der Waals surface area contributed by atoms with E-state index in [9.17, 15) is 18.0 Å². The molecule has 0 spiro atoms. The summed E-state index contributed by atoms with van der Waals surface area (Å²) in [5, 5.41) is 2.47. The molecule has 3 heterocycles. The van der Waals surface area contributed by atoms with Crippen molar-refractivity contribution in [1.29, 1.82) is 0 Å². The van der Waals surface area contributed by atoms with Crippen LogP contribution in [0.4, 0.5) is 18.9 Å². The molecule has 1 aromatic rings. The summed E-state index contributed by atoms with van der Waals surface area (Å²) >= 11 is 0. The molecule has 3 fully saturated rings. The average molecular weight is 417 g/mol. The molecule has 0 aliphatic carbocycles. The summed E-state index contributed by atoms with van der Waals surface area (Å²) in [6, 6.07) is 4.36. The maximum Gasteiger partial charge on any atom is 0.416 e. The molecule has 1 N–H and O–H groups in total.